The predicted octanol–water partition coefficient (Wildman–Crippen LogP) is 2.51. The molecule has 2 rings (SSSR count). The number of carbonyl (C=O) groups excluding carboxylic acids is 1. The first-order valence-corrected chi connectivity index (χ1v) is 6.81. The lowest BCUT2D eigenvalue weighted by atomic mass is 10.2. The van der Waals surface area contributed by atoms with Crippen molar-refractivity contribution in [2.45, 2.75) is 13.8 Å². The summed E-state index contributed by atoms with van der Waals surface area (Å²) < 4.78 is 10.9. The average molecular weight is 276 g/mol. The highest BCUT2D eigenvalue weighted by molar-refractivity contribution is 5.96. The molecule has 20 heavy (non-hydrogen) atoms. The number of nitrogen functional groups attached to an aromatic ring is 1. The number of rotatable bonds is 6. The molecule has 1 aromatic carbocycles. The van der Waals surface area contributed by atoms with Gasteiger partial charge in [0.05, 0.1) is 6.61 Å². The van der Waals surface area contributed by atoms with E-state index in [9.17, 15) is 4.79 Å². The van der Waals surface area contributed by atoms with Gasteiger partial charge in [-0.1, -0.05) is 0 Å². The van der Waals surface area contributed by atoms with Gasteiger partial charge in [-0.3, -0.25) is 4.79 Å². The van der Waals surface area contributed by atoms with E-state index in [0.717, 1.165) is 5.39 Å². The minimum atomic E-state index is -0.123. The fourth-order valence-corrected chi connectivity index (χ4v) is 2.05. The molecule has 0 spiro atoms. The maximum absolute atomic E-state index is 12.4. The molecule has 0 fully saturated rings. The molecule has 0 saturated carbocycles. The molecule has 5 nitrogen and oxygen atoms in total. The Morgan fingerprint density at radius 2 is 2.15 bits per heavy atom. The van der Waals surface area contributed by atoms with Gasteiger partial charge in [0.25, 0.3) is 5.91 Å². The Morgan fingerprint density at radius 1 is 1.35 bits per heavy atom. The summed E-state index contributed by atoms with van der Waals surface area (Å²) in [5.74, 6) is 0.214. The second-order valence-electron chi connectivity index (χ2n) is 4.49. The van der Waals surface area contributed by atoms with Gasteiger partial charge in [-0.25, -0.2) is 0 Å². The lowest BCUT2D eigenvalue weighted by Gasteiger charge is -2.19. The van der Waals surface area contributed by atoms with E-state index in [0.29, 0.717) is 43.3 Å². The molecular formula is C15H20N2O3. The smallest absolute Gasteiger partial charge is 0.289 e. The molecule has 0 aliphatic heterocycles. The van der Waals surface area contributed by atoms with Crippen molar-refractivity contribution in [1.82, 2.24) is 4.90 Å². The van der Waals surface area contributed by atoms with Gasteiger partial charge in [-0.15, -0.1) is 0 Å². The number of anilines is 1. The monoisotopic (exact) mass is 276 g/mol. The first-order valence-electron chi connectivity index (χ1n) is 6.81. The number of hydrogen-bond acceptors (Lipinski definition) is 4. The first kappa shape index (κ1) is 14.4. The molecule has 0 aliphatic carbocycles. The molecule has 1 amide bonds. The fourth-order valence-electron chi connectivity index (χ4n) is 2.05. The number of likely N-dealkylation sites (N-methyl/N-ethyl adjacent to an activating group) is 1. The quantitative estimate of drug-likeness (QED) is 0.650. The van der Waals surface area contributed by atoms with Gasteiger partial charge in [0, 0.05) is 30.8 Å². The summed E-state index contributed by atoms with van der Waals surface area (Å²) in [4.78, 5) is 14.1. The number of benzene rings is 1. The van der Waals surface area contributed by atoms with Crippen molar-refractivity contribution >= 4 is 22.6 Å². The molecular weight excluding hydrogens is 256 g/mol. The molecule has 108 valence electrons. The maximum atomic E-state index is 12.4. The third-order valence-corrected chi connectivity index (χ3v) is 3.13. The normalized spacial score (nSPS) is 10.9. The summed E-state index contributed by atoms with van der Waals surface area (Å²) in [5.41, 5.74) is 7.05. The summed E-state index contributed by atoms with van der Waals surface area (Å²) in [6, 6.07) is 7.06. The van der Waals surface area contributed by atoms with Crippen LogP contribution in [-0.2, 0) is 4.74 Å². The third kappa shape index (κ3) is 3.11. The Hall–Kier alpha value is -2.01. The van der Waals surface area contributed by atoms with E-state index in [1.807, 2.05) is 13.8 Å². The number of nitrogens with two attached hydrogens (primary N) is 1. The van der Waals surface area contributed by atoms with Crippen LogP contribution in [0.2, 0.25) is 0 Å². The van der Waals surface area contributed by atoms with Crippen molar-refractivity contribution in [2.24, 2.45) is 0 Å². The zero-order chi connectivity index (χ0) is 14.5. The summed E-state index contributed by atoms with van der Waals surface area (Å²) in [5, 5.41) is 0.842. The van der Waals surface area contributed by atoms with Gasteiger partial charge in [0.15, 0.2) is 5.76 Å². The highest BCUT2D eigenvalue weighted by Crippen LogP contribution is 2.22. The van der Waals surface area contributed by atoms with Crippen LogP contribution in [-0.4, -0.2) is 37.1 Å². The Kier molecular flexibility index (Phi) is 4.63. The molecule has 5 heteroatoms. The van der Waals surface area contributed by atoms with Crippen molar-refractivity contribution in [1.29, 1.82) is 0 Å². The van der Waals surface area contributed by atoms with Crippen LogP contribution in [0.3, 0.4) is 0 Å². The molecule has 2 aromatic rings. The Bertz CT molecular complexity index is 592. The molecule has 1 heterocycles. The minimum absolute atomic E-state index is 0.123. The van der Waals surface area contributed by atoms with E-state index in [2.05, 4.69) is 0 Å². The third-order valence-electron chi connectivity index (χ3n) is 3.13. The first-order chi connectivity index (χ1) is 9.65. The van der Waals surface area contributed by atoms with Crippen molar-refractivity contribution in [3.05, 3.63) is 30.0 Å². The van der Waals surface area contributed by atoms with Crippen LogP contribution in [0, 0.1) is 0 Å². The van der Waals surface area contributed by atoms with Crippen molar-refractivity contribution in [2.75, 3.05) is 32.0 Å². The van der Waals surface area contributed by atoms with Crippen molar-refractivity contribution in [3.8, 4) is 0 Å². The maximum Gasteiger partial charge on any atom is 0.289 e. The molecule has 2 N–H and O–H groups in total. The minimum Gasteiger partial charge on any atom is -0.451 e. The number of carbonyl (C=O) groups is 1. The van der Waals surface area contributed by atoms with Gasteiger partial charge in [-0.2, -0.15) is 0 Å². The van der Waals surface area contributed by atoms with Crippen LogP contribution >= 0.6 is 0 Å². The summed E-state index contributed by atoms with van der Waals surface area (Å²) >= 11 is 0. The topological polar surface area (TPSA) is 68.7 Å². The number of nitrogens with zero attached hydrogens (tertiary/aromatic N) is 1. The van der Waals surface area contributed by atoms with Gasteiger partial charge >= 0.3 is 0 Å². The zero-order valence-electron chi connectivity index (χ0n) is 11.9. The van der Waals surface area contributed by atoms with E-state index >= 15 is 0 Å². The standard InChI is InChI=1S/C15H20N2O3/c1-3-17(7-8-19-4-2)15(18)14-10-11-9-12(16)5-6-13(11)20-14/h5-6,9-10H,3-4,7-8,16H2,1-2H3. The van der Waals surface area contributed by atoms with Crippen LogP contribution in [0.25, 0.3) is 11.0 Å². The van der Waals surface area contributed by atoms with E-state index in [1.165, 1.54) is 0 Å². The molecule has 0 unspecified atom stereocenters. The van der Waals surface area contributed by atoms with Crippen LogP contribution < -0.4 is 5.73 Å². The summed E-state index contributed by atoms with van der Waals surface area (Å²) in [7, 11) is 0. The molecule has 1 aromatic heterocycles. The van der Waals surface area contributed by atoms with Crippen molar-refractivity contribution < 1.29 is 13.9 Å². The average Bonchev–Trinajstić information content (AvgIpc) is 2.86. The molecule has 0 bridgehead atoms. The fraction of sp³-hybridized carbons (Fsp3) is 0.400. The van der Waals surface area contributed by atoms with Crippen molar-refractivity contribution in [3.63, 3.8) is 0 Å². The highest BCUT2D eigenvalue weighted by Gasteiger charge is 2.18. The largest absolute Gasteiger partial charge is 0.451 e. The molecule has 0 atom stereocenters. The number of fused-ring (bicyclic) bond motifs is 1. The highest BCUT2D eigenvalue weighted by atomic mass is 16.5. The van der Waals surface area contributed by atoms with E-state index in [1.54, 1.807) is 29.2 Å². The van der Waals surface area contributed by atoms with Crippen LogP contribution in [0.4, 0.5) is 5.69 Å². The van der Waals surface area contributed by atoms with Gasteiger partial charge in [-0.05, 0) is 38.1 Å². The lowest BCUT2D eigenvalue weighted by Crippen LogP contribution is -2.33. The van der Waals surface area contributed by atoms with Gasteiger partial charge in [0.1, 0.15) is 5.58 Å². The lowest BCUT2D eigenvalue weighted by molar-refractivity contribution is 0.0642. The Morgan fingerprint density at radius 3 is 2.85 bits per heavy atom. The van der Waals surface area contributed by atoms with E-state index < -0.39 is 0 Å². The van der Waals surface area contributed by atoms with Crippen LogP contribution in [0.15, 0.2) is 28.7 Å². The number of furan rings is 1. The molecule has 0 saturated heterocycles. The predicted molar refractivity (Wildman–Crippen MR) is 78.7 cm³/mol. The second kappa shape index (κ2) is 6.43. The van der Waals surface area contributed by atoms with Crippen LogP contribution in [0.5, 0.6) is 0 Å². The van der Waals surface area contributed by atoms with E-state index in [-0.39, 0.29) is 5.91 Å². The SMILES string of the molecule is CCOCCN(CC)C(=O)c1cc2cc(N)ccc2o1. The molecule has 0 radical (unpaired) electrons. The van der Waals surface area contributed by atoms with Crippen LogP contribution in [0.1, 0.15) is 24.4 Å². The van der Waals surface area contributed by atoms with Gasteiger partial charge < -0.3 is 19.8 Å². The number of hydrogen-bond donors (Lipinski definition) is 1. The summed E-state index contributed by atoms with van der Waals surface area (Å²) in [6.07, 6.45) is 0. The van der Waals surface area contributed by atoms with Gasteiger partial charge in [0.2, 0.25) is 0 Å². The second-order valence-corrected chi connectivity index (χ2v) is 4.49. The zero-order valence-corrected chi connectivity index (χ0v) is 11.9. The van der Waals surface area contributed by atoms with E-state index in [4.69, 9.17) is 14.9 Å². The Labute approximate surface area is 118 Å². The summed E-state index contributed by atoms with van der Waals surface area (Å²) in [6.45, 7) is 6.22. The number of ether oxygens (including phenoxy) is 1. The Balaban J connectivity index is 2.16. The number of amides is 1. The molecule has 0 aliphatic rings.